The quantitative estimate of drug-likeness (QED) is 0.0928. The molecule has 2 aromatic heterocycles. The van der Waals surface area contributed by atoms with E-state index in [1.54, 1.807) is 0 Å². The molecule has 10 aliphatic rings. The van der Waals surface area contributed by atoms with E-state index >= 15 is 9.59 Å². The largest absolute Gasteiger partial charge is 0.444 e. The first-order valence-electron chi connectivity index (χ1n) is 29.7. The molecule has 0 atom stereocenters. The first-order chi connectivity index (χ1) is 37.6. The number of hydroxylamine groups is 4. The van der Waals surface area contributed by atoms with E-state index in [1.165, 1.54) is 10.1 Å². The highest BCUT2D eigenvalue weighted by Crippen LogP contribution is 2.62. The van der Waals surface area contributed by atoms with Crippen LogP contribution in [-0.4, -0.2) is 139 Å². The normalized spacial score (nSPS) is 28.9. The van der Waals surface area contributed by atoms with Crippen LogP contribution in [0.15, 0.2) is 48.5 Å². The SMILES string of the molecule is CC(C)n1nc(C(=O)NCCN2CCC(N(OC(=O)C(=O)ON(C(=O)C34CC5CC(CC(C5)C3)C4)C3CCN(CCNC(=O)c4nn(C(C)C)c5ccccc45)CC3)C(=O)C34CC5CC(CC(C5)C3)C4)CC2)c2ccccc21. The van der Waals surface area contributed by atoms with E-state index in [1.807, 2.05) is 85.6 Å². The fraction of sp³-hybridized carbons (Fsp3) is 0.667. The van der Waals surface area contributed by atoms with Crippen molar-refractivity contribution in [3.05, 3.63) is 59.9 Å². The molecule has 8 aliphatic carbocycles. The summed E-state index contributed by atoms with van der Waals surface area (Å²) in [7, 11) is 0. The van der Waals surface area contributed by atoms with E-state index in [4.69, 9.17) is 9.68 Å². The third-order valence-electron chi connectivity index (χ3n) is 19.8. The molecule has 2 saturated heterocycles. The van der Waals surface area contributed by atoms with Crippen molar-refractivity contribution in [1.82, 2.24) is 50.1 Å². The van der Waals surface area contributed by atoms with Crippen molar-refractivity contribution in [3.8, 4) is 0 Å². The van der Waals surface area contributed by atoms with Crippen LogP contribution in [0.1, 0.15) is 163 Å². The Morgan fingerprint density at radius 1 is 0.526 bits per heavy atom. The zero-order valence-electron chi connectivity index (χ0n) is 46.2. The topological polar surface area (TPSA) is 194 Å². The van der Waals surface area contributed by atoms with Gasteiger partial charge in [0, 0.05) is 75.2 Å². The molecule has 2 N–H and O–H groups in total. The number of nitrogens with zero attached hydrogens (tertiary/aromatic N) is 8. The second-order valence-electron chi connectivity index (χ2n) is 25.9. The Morgan fingerprint density at radius 2 is 0.846 bits per heavy atom. The van der Waals surface area contributed by atoms with Gasteiger partial charge in [0.15, 0.2) is 11.4 Å². The Kier molecular flexibility index (Phi) is 14.4. The number of hydrogen-bond donors (Lipinski definition) is 2. The summed E-state index contributed by atoms with van der Waals surface area (Å²) in [6.07, 6.45) is 13.4. The second kappa shape index (κ2) is 21.3. The Morgan fingerprint density at radius 3 is 1.17 bits per heavy atom. The van der Waals surface area contributed by atoms with E-state index in [2.05, 4.69) is 30.6 Å². The second-order valence-corrected chi connectivity index (χ2v) is 25.9. The van der Waals surface area contributed by atoms with E-state index in [-0.39, 0.29) is 35.7 Å². The molecule has 8 saturated carbocycles. The summed E-state index contributed by atoms with van der Waals surface area (Å²) in [5.41, 5.74) is 1.35. The van der Waals surface area contributed by atoms with Gasteiger partial charge >= 0.3 is 11.9 Å². The van der Waals surface area contributed by atoms with E-state index < -0.39 is 34.9 Å². The average Bonchev–Trinajstić information content (AvgIpc) is 4.17. The van der Waals surface area contributed by atoms with Crippen molar-refractivity contribution in [1.29, 1.82) is 0 Å². The summed E-state index contributed by atoms with van der Waals surface area (Å²) in [5, 5.41) is 19.7. The van der Waals surface area contributed by atoms with Gasteiger partial charge in [0.1, 0.15) is 0 Å². The lowest BCUT2D eigenvalue weighted by Crippen LogP contribution is -2.59. The van der Waals surface area contributed by atoms with Gasteiger partial charge in [0.2, 0.25) is 0 Å². The van der Waals surface area contributed by atoms with E-state index in [0.29, 0.717) is 125 Å². The molecule has 0 radical (unpaired) electrons. The molecule has 18 heteroatoms. The molecule has 4 heterocycles. The molecule has 0 spiro atoms. The number of fused-ring (bicyclic) bond motifs is 2. The Labute approximate surface area is 457 Å². The number of carbonyl (C=O) groups excluding carboxylic acids is 6. The number of amides is 4. The molecule has 0 unspecified atom stereocenters. The van der Waals surface area contributed by atoms with Crippen molar-refractivity contribution < 1.29 is 38.4 Å². The number of nitrogens with one attached hydrogen (secondary N) is 2. The van der Waals surface area contributed by atoms with Gasteiger partial charge in [0.05, 0.1) is 33.9 Å². The minimum Gasteiger partial charge on any atom is -0.349 e. The van der Waals surface area contributed by atoms with Gasteiger partial charge < -0.3 is 30.1 Å². The first kappa shape index (κ1) is 52.8. The van der Waals surface area contributed by atoms with Crippen molar-refractivity contribution in [2.24, 2.45) is 46.3 Å². The third kappa shape index (κ3) is 10.1. The number of hydrogen-bond acceptors (Lipinski definition) is 12. The minimum absolute atomic E-state index is 0.0941. The number of aromatic nitrogens is 4. The van der Waals surface area contributed by atoms with Crippen LogP contribution in [0.5, 0.6) is 0 Å². The summed E-state index contributed by atoms with van der Waals surface area (Å²) in [5.74, 6) is -0.640. The summed E-state index contributed by atoms with van der Waals surface area (Å²) in [6.45, 7) is 12.5. The number of carbonyl (C=O) groups is 6. The van der Waals surface area contributed by atoms with Crippen molar-refractivity contribution in [2.75, 3.05) is 52.4 Å². The van der Waals surface area contributed by atoms with Crippen LogP contribution in [0.2, 0.25) is 0 Å². The Bertz CT molecular complexity index is 2680. The standard InChI is InChI=1S/C60H80N10O8/c1-37(2)67-49-11-7-5-9-47(49)51(63-67)53(71)61-17-23-65-19-13-45(14-20-65)69(57(75)59-31-39-25-40(32-59)27-41(26-39)33-59)77-55(73)56(74)78-70(58(76)60-34-42-28-43(35-60)30-44(29-42)36-60)46-15-21-66(22-16-46)24-18-62-54(72)52-48-10-6-8-12-50(48)68(64-52)38(3)4/h5-12,37-46H,13-36H2,1-4H3,(H,61,71)(H,62,72). The molecule has 78 heavy (non-hydrogen) atoms. The van der Waals surface area contributed by atoms with Gasteiger partial charge in [-0.2, -0.15) is 20.3 Å². The van der Waals surface area contributed by atoms with Crippen LogP contribution in [0.3, 0.4) is 0 Å². The minimum atomic E-state index is -1.28. The van der Waals surface area contributed by atoms with Gasteiger partial charge in [-0.1, -0.05) is 36.4 Å². The molecule has 4 aromatic rings. The maximum atomic E-state index is 15.2. The lowest BCUT2D eigenvalue weighted by molar-refractivity contribution is -0.241. The smallest absolute Gasteiger partial charge is 0.349 e. The fourth-order valence-corrected chi connectivity index (χ4v) is 16.9. The van der Waals surface area contributed by atoms with E-state index in [0.717, 1.165) is 98.9 Å². The van der Waals surface area contributed by atoms with Crippen LogP contribution < -0.4 is 10.6 Å². The van der Waals surface area contributed by atoms with Gasteiger partial charge in [-0.05, 0) is 178 Å². The summed E-state index contributed by atoms with van der Waals surface area (Å²) in [6, 6.07) is 14.8. The average molecular weight is 1070 g/mol. The molecule has 14 rings (SSSR count). The molecule has 2 aromatic carbocycles. The number of rotatable bonds is 14. The summed E-state index contributed by atoms with van der Waals surface area (Å²) in [4.78, 5) is 103. The van der Waals surface area contributed by atoms with Crippen LogP contribution in [0.25, 0.3) is 21.8 Å². The van der Waals surface area contributed by atoms with Crippen LogP contribution in [-0.2, 0) is 28.9 Å². The summed E-state index contributed by atoms with van der Waals surface area (Å²) < 4.78 is 3.75. The van der Waals surface area contributed by atoms with Crippen LogP contribution >= 0.6 is 0 Å². The number of likely N-dealkylation sites (tertiary alicyclic amines) is 2. The third-order valence-corrected chi connectivity index (χ3v) is 19.8. The molecule has 8 bridgehead atoms. The molecule has 418 valence electrons. The highest BCUT2D eigenvalue weighted by molar-refractivity contribution is 6.29. The van der Waals surface area contributed by atoms with Crippen LogP contribution in [0.4, 0.5) is 0 Å². The Hall–Kier alpha value is -5.88. The predicted octanol–water partition coefficient (Wildman–Crippen LogP) is 7.64. The van der Waals surface area contributed by atoms with Gasteiger partial charge in [0.25, 0.3) is 23.6 Å². The lowest BCUT2D eigenvalue weighted by Gasteiger charge is -2.56. The summed E-state index contributed by atoms with van der Waals surface area (Å²) >= 11 is 0. The first-order valence-corrected chi connectivity index (χ1v) is 29.7. The van der Waals surface area contributed by atoms with E-state index in [9.17, 15) is 19.2 Å². The molecular weight excluding hydrogens is 989 g/mol. The lowest BCUT2D eigenvalue weighted by atomic mass is 9.49. The highest BCUT2D eigenvalue weighted by Gasteiger charge is 2.59. The maximum Gasteiger partial charge on any atom is 0.444 e. The zero-order valence-corrected chi connectivity index (χ0v) is 46.2. The van der Waals surface area contributed by atoms with Crippen LogP contribution in [0, 0.1) is 46.3 Å². The number of benzene rings is 2. The molecule has 4 amide bonds. The monoisotopic (exact) mass is 1070 g/mol. The predicted molar refractivity (Wildman–Crippen MR) is 291 cm³/mol. The number of para-hydroxylation sites is 2. The van der Waals surface area contributed by atoms with Crippen molar-refractivity contribution in [3.63, 3.8) is 0 Å². The van der Waals surface area contributed by atoms with Crippen molar-refractivity contribution in [2.45, 2.75) is 155 Å². The number of piperidine rings is 2. The van der Waals surface area contributed by atoms with Gasteiger partial charge in [-0.15, -0.1) is 0 Å². The molecule has 10 fully saturated rings. The fourth-order valence-electron chi connectivity index (χ4n) is 16.9. The highest BCUT2D eigenvalue weighted by atomic mass is 16.8. The maximum absolute atomic E-state index is 15.2. The van der Waals surface area contributed by atoms with Gasteiger partial charge in [-0.3, -0.25) is 28.5 Å². The zero-order chi connectivity index (χ0) is 54.0. The Balaban J connectivity index is 0.710. The van der Waals surface area contributed by atoms with Gasteiger partial charge in [-0.25, -0.2) is 9.59 Å². The molecular formula is C60H80N10O8. The molecule has 18 nitrogen and oxygen atoms in total. The molecule has 2 aliphatic heterocycles. The van der Waals surface area contributed by atoms with Crippen molar-refractivity contribution >= 4 is 57.4 Å².